The van der Waals surface area contributed by atoms with Gasteiger partial charge in [0.2, 0.25) is 0 Å². The molecule has 38 heavy (non-hydrogen) atoms. The summed E-state index contributed by atoms with van der Waals surface area (Å²) in [6.45, 7) is 5.32. The van der Waals surface area contributed by atoms with Gasteiger partial charge in [-0.05, 0) is 74.6 Å². The smallest absolute Gasteiger partial charge is 0.126 e. The average molecular weight is 514 g/mol. The lowest BCUT2D eigenvalue weighted by atomic mass is 9.76. The Balaban J connectivity index is 1.09. The van der Waals surface area contributed by atoms with E-state index in [1.54, 1.807) is 12.1 Å². The van der Waals surface area contributed by atoms with E-state index in [2.05, 4.69) is 59.5 Å². The number of hydrogen-bond acceptors (Lipinski definition) is 4. The van der Waals surface area contributed by atoms with E-state index in [-0.39, 0.29) is 17.6 Å². The summed E-state index contributed by atoms with van der Waals surface area (Å²) in [6, 6.07) is 24.7. The number of fused-ring (bicyclic) bond motifs is 1. The minimum Gasteiger partial charge on any atom is -0.508 e. The number of ether oxygens (including phenoxy) is 2. The second kappa shape index (κ2) is 13.7. The van der Waals surface area contributed by atoms with E-state index in [1.165, 1.54) is 82.1 Å². The molecule has 3 aromatic rings. The predicted octanol–water partition coefficient (Wildman–Crippen LogP) is 7.91. The third-order valence-electron chi connectivity index (χ3n) is 8.21. The molecule has 2 heterocycles. The van der Waals surface area contributed by atoms with Gasteiger partial charge in [0.15, 0.2) is 0 Å². The molecule has 3 aromatic carbocycles. The summed E-state index contributed by atoms with van der Waals surface area (Å²) in [5, 5.41) is 9.99. The molecule has 0 saturated carbocycles. The number of hydrogen-bond donors (Lipinski definition) is 1. The zero-order chi connectivity index (χ0) is 26.0. The van der Waals surface area contributed by atoms with Gasteiger partial charge < -0.3 is 19.5 Å². The van der Waals surface area contributed by atoms with Crippen LogP contribution in [0.4, 0.5) is 0 Å². The molecule has 0 spiro atoms. The first-order valence-corrected chi connectivity index (χ1v) is 14.7. The van der Waals surface area contributed by atoms with Crippen LogP contribution in [0.5, 0.6) is 17.2 Å². The number of aromatic hydroxyl groups is 1. The van der Waals surface area contributed by atoms with Crippen LogP contribution in [-0.2, 0) is 0 Å². The number of phenols is 1. The minimum atomic E-state index is 0.158. The Morgan fingerprint density at radius 1 is 0.763 bits per heavy atom. The molecule has 0 amide bonds. The molecular formula is C34H43NO3. The summed E-state index contributed by atoms with van der Waals surface area (Å²) in [6.07, 6.45) is 11.9. The number of likely N-dealkylation sites (tertiary alicyclic amines) is 1. The van der Waals surface area contributed by atoms with Crippen molar-refractivity contribution in [3.05, 3.63) is 89.5 Å². The Morgan fingerprint density at radius 2 is 1.47 bits per heavy atom. The first-order chi connectivity index (χ1) is 18.8. The molecule has 2 aliphatic rings. The number of rotatable bonds is 13. The van der Waals surface area contributed by atoms with Crippen LogP contribution in [0.2, 0.25) is 0 Å². The molecule has 0 bridgehead atoms. The lowest BCUT2D eigenvalue weighted by molar-refractivity contribution is 0.247. The van der Waals surface area contributed by atoms with Gasteiger partial charge in [-0.3, -0.25) is 0 Å². The normalized spacial score (nSPS) is 19.2. The molecule has 202 valence electrons. The quantitative estimate of drug-likeness (QED) is 0.236. The minimum absolute atomic E-state index is 0.158. The molecule has 2 atom stereocenters. The fraction of sp³-hybridized carbons (Fsp3) is 0.471. The molecule has 1 saturated heterocycles. The van der Waals surface area contributed by atoms with Crippen LogP contribution in [0.1, 0.15) is 86.3 Å². The lowest BCUT2D eigenvalue weighted by Gasteiger charge is -2.34. The van der Waals surface area contributed by atoms with Gasteiger partial charge in [-0.2, -0.15) is 0 Å². The largest absolute Gasteiger partial charge is 0.508 e. The molecule has 1 N–H and O–H groups in total. The standard InChI is InChI=1S/C34H43NO3/c36-29-17-20-31-33(25-29)38-26-32(27-13-7-6-8-14-27)34(31)28-15-18-30(19-16-28)37-24-12-5-3-1-2-4-9-21-35-22-10-11-23-35/h6-8,13-20,25,32,34,36H,1-5,9-12,21-24,26H2/t32-,34+/m0/s1. The van der Waals surface area contributed by atoms with Gasteiger partial charge >= 0.3 is 0 Å². The highest BCUT2D eigenvalue weighted by Crippen LogP contribution is 2.47. The molecule has 1 fully saturated rings. The van der Waals surface area contributed by atoms with Crippen LogP contribution in [-0.4, -0.2) is 42.9 Å². The highest BCUT2D eigenvalue weighted by molar-refractivity contribution is 5.50. The molecule has 0 unspecified atom stereocenters. The van der Waals surface area contributed by atoms with Crippen molar-refractivity contribution in [2.24, 2.45) is 0 Å². The molecule has 4 heteroatoms. The maximum atomic E-state index is 9.99. The third kappa shape index (κ3) is 7.11. The van der Waals surface area contributed by atoms with E-state index in [9.17, 15) is 5.11 Å². The Bertz CT molecular complexity index is 1110. The fourth-order valence-electron chi connectivity index (χ4n) is 6.09. The lowest BCUT2D eigenvalue weighted by Crippen LogP contribution is -2.25. The maximum absolute atomic E-state index is 9.99. The molecule has 2 aliphatic heterocycles. The average Bonchev–Trinajstić information content (AvgIpc) is 3.48. The monoisotopic (exact) mass is 513 g/mol. The summed E-state index contributed by atoms with van der Waals surface area (Å²) < 4.78 is 12.2. The topological polar surface area (TPSA) is 41.9 Å². The second-order valence-electron chi connectivity index (χ2n) is 11.0. The van der Waals surface area contributed by atoms with Crippen LogP contribution in [0, 0.1) is 0 Å². The second-order valence-corrected chi connectivity index (χ2v) is 11.0. The Kier molecular flexibility index (Phi) is 9.60. The van der Waals surface area contributed by atoms with Crippen LogP contribution in [0.3, 0.4) is 0 Å². The van der Waals surface area contributed by atoms with Gasteiger partial charge in [0, 0.05) is 23.5 Å². The highest BCUT2D eigenvalue weighted by Gasteiger charge is 2.33. The predicted molar refractivity (Wildman–Crippen MR) is 155 cm³/mol. The zero-order valence-corrected chi connectivity index (χ0v) is 22.7. The van der Waals surface area contributed by atoms with Crippen LogP contribution >= 0.6 is 0 Å². The zero-order valence-electron chi connectivity index (χ0n) is 22.7. The van der Waals surface area contributed by atoms with Crippen molar-refractivity contribution in [3.8, 4) is 17.2 Å². The fourth-order valence-corrected chi connectivity index (χ4v) is 6.09. The van der Waals surface area contributed by atoms with Crippen LogP contribution in [0.15, 0.2) is 72.8 Å². The van der Waals surface area contributed by atoms with Crippen molar-refractivity contribution in [2.75, 3.05) is 32.8 Å². The number of phenolic OH excluding ortho intramolecular Hbond substituents is 1. The molecule has 0 aromatic heterocycles. The first-order valence-electron chi connectivity index (χ1n) is 14.7. The molecule has 0 aliphatic carbocycles. The molecule has 4 nitrogen and oxygen atoms in total. The van der Waals surface area contributed by atoms with Crippen molar-refractivity contribution in [2.45, 2.75) is 69.6 Å². The van der Waals surface area contributed by atoms with E-state index in [0.29, 0.717) is 6.61 Å². The Labute approximate surface area is 228 Å². The van der Waals surface area contributed by atoms with Crippen LogP contribution in [0.25, 0.3) is 0 Å². The van der Waals surface area contributed by atoms with E-state index in [4.69, 9.17) is 9.47 Å². The summed E-state index contributed by atoms with van der Waals surface area (Å²) in [5.41, 5.74) is 3.63. The molecule has 5 rings (SSSR count). The van der Waals surface area contributed by atoms with E-state index in [1.807, 2.05) is 6.07 Å². The Morgan fingerprint density at radius 3 is 2.24 bits per heavy atom. The first kappa shape index (κ1) is 26.6. The number of benzene rings is 3. The van der Waals surface area contributed by atoms with Crippen molar-refractivity contribution >= 4 is 0 Å². The van der Waals surface area contributed by atoms with Gasteiger partial charge in [-0.1, -0.05) is 80.6 Å². The van der Waals surface area contributed by atoms with Crippen molar-refractivity contribution < 1.29 is 14.6 Å². The van der Waals surface area contributed by atoms with Crippen molar-refractivity contribution in [3.63, 3.8) is 0 Å². The van der Waals surface area contributed by atoms with Crippen molar-refractivity contribution in [1.29, 1.82) is 0 Å². The van der Waals surface area contributed by atoms with Gasteiger partial charge in [-0.15, -0.1) is 0 Å². The maximum Gasteiger partial charge on any atom is 0.126 e. The molecular weight excluding hydrogens is 470 g/mol. The van der Waals surface area contributed by atoms with Gasteiger partial charge in [-0.25, -0.2) is 0 Å². The summed E-state index contributed by atoms with van der Waals surface area (Å²) in [4.78, 5) is 2.62. The number of unbranched alkanes of at least 4 members (excludes halogenated alkanes) is 6. The summed E-state index contributed by atoms with van der Waals surface area (Å²) in [7, 11) is 0. The SMILES string of the molecule is Oc1ccc2c(c1)OC[C@@H](c1ccccc1)[C@@H]2c1ccc(OCCCCCCCCCN2CCCC2)cc1. The third-order valence-corrected chi connectivity index (χ3v) is 8.21. The highest BCUT2D eigenvalue weighted by atomic mass is 16.5. The van der Waals surface area contributed by atoms with Gasteiger partial charge in [0.1, 0.15) is 17.2 Å². The Hall–Kier alpha value is -2.98. The van der Waals surface area contributed by atoms with Gasteiger partial charge in [0.25, 0.3) is 0 Å². The van der Waals surface area contributed by atoms with Gasteiger partial charge in [0.05, 0.1) is 13.2 Å². The van der Waals surface area contributed by atoms with Crippen LogP contribution < -0.4 is 9.47 Å². The molecule has 0 radical (unpaired) electrons. The number of nitrogens with zero attached hydrogens (tertiary/aromatic N) is 1. The summed E-state index contributed by atoms with van der Waals surface area (Å²) in [5.74, 6) is 2.31. The summed E-state index contributed by atoms with van der Waals surface area (Å²) >= 11 is 0. The van der Waals surface area contributed by atoms with Crippen molar-refractivity contribution in [1.82, 2.24) is 4.90 Å². The van der Waals surface area contributed by atoms with E-state index >= 15 is 0 Å². The van der Waals surface area contributed by atoms with E-state index in [0.717, 1.165) is 30.1 Å². The van der Waals surface area contributed by atoms with E-state index < -0.39 is 0 Å².